The summed E-state index contributed by atoms with van der Waals surface area (Å²) in [6.45, 7) is 0. The number of hydrogen-bond donors (Lipinski definition) is 1. The third-order valence-electron chi connectivity index (χ3n) is 0.770. The maximum Gasteiger partial charge on any atom is 0.435 e. The molecule has 7 heteroatoms. The van der Waals surface area contributed by atoms with E-state index >= 15 is 0 Å². The van der Waals surface area contributed by atoms with Crippen LogP contribution in [0.25, 0.3) is 0 Å². The Kier molecular flexibility index (Phi) is 4.86. The van der Waals surface area contributed by atoms with Crippen molar-refractivity contribution in [3.63, 3.8) is 0 Å². The highest BCUT2D eigenvalue weighted by atomic mass is 32.2. The molecule has 0 unspecified atom stereocenters. The highest BCUT2D eigenvalue weighted by Crippen LogP contribution is 1.95. The van der Waals surface area contributed by atoms with Gasteiger partial charge in [0.05, 0.1) is 7.11 Å². The first-order valence-electron chi connectivity index (χ1n) is 2.78. The molecule has 0 radical (unpaired) electrons. The van der Waals surface area contributed by atoms with Crippen molar-refractivity contribution in [2.45, 2.75) is 0 Å². The number of amides is 2. The van der Waals surface area contributed by atoms with Gasteiger partial charge in [-0.3, -0.25) is 0 Å². The van der Waals surface area contributed by atoms with Gasteiger partial charge < -0.3 is 20.0 Å². The fourth-order valence-corrected chi connectivity index (χ4v) is 0.692. The maximum atomic E-state index is 10.5. The summed E-state index contributed by atoms with van der Waals surface area (Å²) < 4.78 is 4.17. The van der Waals surface area contributed by atoms with Gasteiger partial charge in [0.25, 0.3) is 0 Å². The molecule has 0 bridgehead atoms. The van der Waals surface area contributed by atoms with Gasteiger partial charge in [-0.1, -0.05) is 11.8 Å². The lowest BCUT2D eigenvalue weighted by Gasteiger charge is -2.05. The molecule has 6 nitrogen and oxygen atoms in total. The molecule has 2 amide bonds. The van der Waals surface area contributed by atoms with Crippen LogP contribution >= 0.6 is 11.8 Å². The number of carbonyl (C=O) groups is 2. The summed E-state index contributed by atoms with van der Waals surface area (Å²) >= 11 is 0.959. The van der Waals surface area contributed by atoms with E-state index in [4.69, 9.17) is 0 Å². The lowest BCUT2D eigenvalue weighted by Crippen LogP contribution is -2.39. The number of ether oxygens (including phenoxy) is 1. The van der Waals surface area contributed by atoms with E-state index in [0.29, 0.717) is 0 Å². The van der Waals surface area contributed by atoms with Crippen LogP contribution in [0, 0.1) is 0 Å². The molecule has 0 atom stereocenters. The summed E-state index contributed by atoms with van der Waals surface area (Å²) in [5, 5.41) is 11.7. The van der Waals surface area contributed by atoms with Crippen LogP contribution in [0.4, 0.5) is 9.59 Å². The number of amidine groups is 1. The third-order valence-corrected chi connectivity index (χ3v) is 1.35. The van der Waals surface area contributed by atoms with Crippen LogP contribution in [-0.4, -0.2) is 30.7 Å². The highest BCUT2D eigenvalue weighted by Gasteiger charge is 2.00. The average Bonchev–Trinajstić information content (AvgIpc) is 2.02. The Morgan fingerprint density at radius 2 is 2.17 bits per heavy atom. The predicted octanol–water partition coefficient (Wildman–Crippen LogP) is -0.595. The van der Waals surface area contributed by atoms with Crippen LogP contribution < -0.4 is 10.4 Å². The molecule has 0 fully saturated rings. The van der Waals surface area contributed by atoms with Crippen LogP contribution in [0.2, 0.25) is 0 Å². The monoisotopic (exact) mass is 191 g/mol. The predicted molar refractivity (Wildman–Crippen MR) is 41.9 cm³/mol. The molecule has 0 aliphatic heterocycles. The molecule has 0 aromatic carbocycles. The van der Waals surface area contributed by atoms with Crippen molar-refractivity contribution < 1.29 is 19.4 Å². The summed E-state index contributed by atoms with van der Waals surface area (Å²) in [4.78, 5) is 23.7. The standard InChI is InChI=1S/C5H8N2O4S/c1-11-5(10)7-3(12-2)6-4(8)9/h1-2H3,(H,8,9)(H,6,7,10)/p-1. The second-order valence-corrected chi connectivity index (χ2v) is 2.30. The maximum absolute atomic E-state index is 10.5. The third kappa shape index (κ3) is 4.56. The van der Waals surface area contributed by atoms with E-state index in [1.54, 1.807) is 6.26 Å². The molecule has 1 N–H and O–H groups in total. The van der Waals surface area contributed by atoms with E-state index < -0.39 is 12.2 Å². The smallest absolute Gasteiger partial charge is 0.435 e. The molecule has 0 saturated heterocycles. The molecule has 0 rings (SSSR count). The summed E-state index contributed by atoms with van der Waals surface area (Å²) in [5.41, 5.74) is 0. The van der Waals surface area contributed by atoms with Crippen LogP contribution in [0.3, 0.4) is 0 Å². The van der Waals surface area contributed by atoms with E-state index in [0.717, 1.165) is 18.9 Å². The van der Waals surface area contributed by atoms with Gasteiger partial charge in [-0.15, -0.1) is 0 Å². The Morgan fingerprint density at radius 1 is 1.58 bits per heavy atom. The van der Waals surface area contributed by atoms with Crippen molar-refractivity contribution in [3.05, 3.63) is 0 Å². The van der Waals surface area contributed by atoms with E-state index in [2.05, 4.69) is 9.73 Å². The van der Waals surface area contributed by atoms with Crippen LogP contribution in [0.15, 0.2) is 4.99 Å². The minimum absolute atomic E-state index is 0.0816. The lowest BCUT2D eigenvalue weighted by atomic mass is 11.0. The first-order chi connectivity index (χ1) is 5.60. The lowest BCUT2D eigenvalue weighted by molar-refractivity contribution is -0.248. The molecule has 0 aliphatic rings. The van der Waals surface area contributed by atoms with Gasteiger partial charge in [-0.2, -0.15) is 4.99 Å². The minimum atomic E-state index is -1.52. The van der Waals surface area contributed by atoms with Crippen molar-refractivity contribution in [1.82, 2.24) is 5.32 Å². The van der Waals surface area contributed by atoms with Gasteiger partial charge in [0.15, 0.2) is 5.17 Å². The van der Waals surface area contributed by atoms with Crippen LogP contribution in [-0.2, 0) is 4.74 Å². The van der Waals surface area contributed by atoms with E-state index in [1.165, 1.54) is 0 Å². The van der Waals surface area contributed by atoms with Crippen molar-refractivity contribution in [2.75, 3.05) is 13.4 Å². The molecule has 12 heavy (non-hydrogen) atoms. The largest absolute Gasteiger partial charge is 0.530 e. The molecule has 0 aliphatic carbocycles. The topological polar surface area (TPSA) is 90.8 Å². The van der Waals surface area contributed by atoms with Gasteiger partial charge in [0.1, 0.15) is 6.09 Å². The second kappa shape index (κ2) is 5.42. The molecular formula is C5H7N2O4S-. The highest BCUT2D eigenvalue weighted by molar-refractivity contribution is 8.13. The van der Waals surface area contributed by atoms with Gasteiger partial charge in [-0.05, 0) is 6.26 Å². The zero-order valence-corrected chi connectivity index (χ0v) is 7.30. The number of nitrogens with zero attached hydrogens (tertiary/aromatic N) is 1. The van der Waals surface area contributed by atoms with E-state index in [1.807, 2.05) is 5.32 Å². The summed E-state index contributed by atoms with van der Waals surface area (Å²) in [5.74, 6) is 0. The first-order valence-corrected chi connectivity index (χ1v) is 4.01. The van der Waals surface area contributed by atoms with Gasteiger partial charge in [0, 0.05) is 0 Å². The van der Waals surface area contributed by atoms with Gasteiger partial charge in [-0.25, -0.2) is 4.79 Å². The van der Waals surface area contributed by atoms with Crippen molar-refractivity contribution in [3.8, 4) is 0 Å². The Hall–Kier alpha value is -1.24. The van der Waals surface area contributed by atoms with Gasteiger partial charge >= 0.3 is 6.09 Å². The molecule has 68 valence electrons. The van der Waals surface area contributed by atoms with Crippen molar-refractivity contribution in [1.29, 1.82) is 0 Å². The summed E-state index contributed by atoms with van der Waals surface area (Å²) in [7, 11) is 1.14. The number of hydrogen-bond acceptors (Lipinski definition) is 5. The average molecular weight is 191 g/mol. The summed E-state index contributed by atoms with van der Waals surface area (Å²) in [6, 6.07) is 0. The zero-order chi connectivity index (χ0) is 9.56. The van der Waals surface area contributed by atoms with Gasteiger partial charge in [0.2, 0.25) is 0 Å². The number of rotatable bonds is 0. The van der Waals surface area contributed by atoms with E-state index in [9.17, 15) is 14.7 Å². The van der Waals surface area contributed by atoms with Crippen LogP contribution in [0.1, 0.15) is 0 Å². The first kappa shape index (κ1) is 10.8. The molecule has 0 heterocycles. The Bertz CT molecular complexity index is 215. The number of nitrogens with one attached hydrogen (secondary N) is 1. The minimum Gasteiger partial charge on any atom is -0.530 e. The van der Waals surface area contributed by atoms with Crippen LogP contribution in [0.5, 0.6) is 0 Å². The fourth-order valence-electron chi connectivity index (χ4n) is 0.340. The molecule has 0 spiro atoms. The Labute approximate surface area is 73.0 Å². The van der Waals surface area contributed by atoms with E-state index in [-0.39, 0.29) is 5.17 Å². The number of carboxylic acid groups (broad SMARTS) is 1. The van der Waals surface area contributed by atoms with Crippen molar-refractivity contribution in [2.24, 2.45) is 4.99 Å². The van der Waals surface area contributed by atoms with Crippen molar-refractivity contribution >= 4 is 29.1 Å². The Morgan fingerprint density at radius 3 is 2.50 bits per heavy atom. The molecule has 0 aromatic rings. The SMILES string of the molecule is COC(=O)/N=C(/NC(=O)[O-])SC. The molecular weight excluding hydrogens is 184 g/mol. The molecule has 0 saturated carbocycles. The number of methoxy groups -OCH3 is 1. The Balaban J connectivity index is 4.22. The molecule has 0 aromatic heterocycles. The second-order valence-electron chi connectivity index (χ2n) is 1.50. The fraction of sp³-hybridized carbons (Fsp3) is 0.400. The quantitative estimate of drug-likeness (QED) is 0.408. The number of aliphatic imine (C=N–C) groups is 1. The zero-order valence-electron chi connectivity index (χ0n) is 6.49. The number of carbonyl (C=O) groups excluding carboxylic acids is 2. The number of thioether (sulfide) groups is 1. The summed E-state index contributed by atoms with van der Waals surface area (Å²) in [6.07, 6.45) is -0.836. The normalized spacial score (nSPS) is 10.7.